The van der Waals surface area contributed by atoms with Crippen molar-refractivity contribution in [3.8, 4) is 16.9 Å². The van der Waals surface area contributed by atoms with Gasteiger partial charge in [-0.2, -0.15) is 0 Å². The number of carbonyl (C=O) groups excluding carboxylic acids is 1. The van der Waals surface area contributed by atoms with Crippen molar-refractivity contribution in [1.82, 2.24) is 4.98 Å². The monoisotopic (exact) mass is 348 g/mol. The van der Waals surface area contributed by atoms with Crippen LogP contribution in [0, 0.1) is 10.1 Å². The predicted molar refractivity (Wildman–Crippen MR) is 97.2 cm³/mol. The molecule has 0 unspecified atom stereocenters. The average molecular weight is 348 g/mol. The Bertz CT molecular complexity index is 984. The Morgan fingerprint density at radius 1 is 1.12 bits per heavy atom. The Morgan fingerprint density at radius 2 is 1.85 bits per heavy atom. The van der Waals surface area contributed by atoms with Crippen molar-refractivity contribution in [2.24, 2.45) is 0 Å². The van der Waals surface area contributed by atoms with Gasteiger partial charge in [-0.05, 0) is 54.3 Å². The fourth-order valence-corrected chi connectivity index (χ4v) is 2.81. The zero-order chi connectivity index (χ0) is 18.7. The molecule has 1 aromatic heterocycles. The topological polar surface area (TPSA) is 93.3 Å². The average Bonchev–Trinajstić information content (AvgIpc) is 2.63. The lowest BCUT2D eigenvalue weighted by molar-refractivity contribution is -0.384. The molecule has 26 heavy (non-hydrogen) atoms. The highest BCUT2D eigenvalue weighted by Gasteiger charge is 2.17. The number of hydrogen-bond donors (Lipinski definition) is 1. The minimum absolute atomic E-state index is 0.0780. The second-order valence-electron chi connectivity index (χ2n) is 5.94. The third-order valence-electron chi connectivity index (χ3n) is 4.07. The van der Waals surface area contributed by atoms with E-state index in [0.717, 1.165) is 11.1 Å². The molecule has 0 radical (unpaired) electrons. The van der Waals surface area contributed by atoms with Crippen molar-refractivity contribution in [1.29, 1.82) is 0 Å². The maximum Gasteiger partial charge on any atom is 0.270 e. The quantitative estimate of drug-likeness (QED) is 0.424. The summed E-state index contributed by atoms with van der Waals surface area (Å²) in [7, 11) is 0. The number of phenolic OH excluding ortho intramolecular Hbond substituents is 1. The standard InChI is InChI=1S/C20H16N2O4/c1-13(23)18-10-15(9-14-5-7-21-8-6-14)11-19(20(18)24)16-3-2-4-17(12-16)22(25)26/h2-8,10-12,24H,9H2,1H3. The number of nitro groups is 1. The van der Waals surface area contributed by atoms with Crippen molar-refractivity contribution in [3.63, 3.8) is 0 Å². The van der Waals surface area contributed by atoms with Crippen LogP contribution in [-0.2, 0) is 6.42 Å². The van der Waals surface area contributed by atoms with Gasteiger partial charge in [0.2, 0.25) is 0 Å². The molecule has 0 amide bonds. The van der Waals surface area contributed by atoms with Gasteiger partial charge in [0.1, 0.15) is 5.75 Å². The zero-order valence-electron chi connectivity index (χ0n) is 14.0. The Balaban J connectivity index is 2.13. The van der Waals surface area contributed by atoms with E-state index >= 15 is 0 Å². The van der Waals surface area contributed by atoms with Crippen LogP contribution in [0.3, 0.4) is 0 Å². The molecule has 0 saturated heterocycles. The molecule has 0 atom stereocenters. The first-order valence-electron chi connectivity index (χ1n) is 7.96. The minimum Gasteiger partial charge on any atom is -0.507 e. The van der Waals surface area contributed by atoms with Gasteiger partial charge in [0.15, 0.2) is 5.78 Å². The predicted octanol–water partition coefficient (Wildman–Crippen LogP) is 4.16. The smallest absolute Gasteiger partial charge is 0.270 e. The Labute approximate surface area is 149 Å². The minimum atomic E-state index is -0.493. The van der Waals surface area contributed by atoms with Crippen molar-refractivity contribution in [2.75, 3.05) is 0 Å². The van der Waals surface area contributed by atoms with E-state index in [0.29, 0.717) is 17.5 Å². The van der Waals surface area contributed by atoms with Crippen LogP contribution in [0.25, 0.3) is 11.1 Å². The van der Waals surface area contributed by atoms with Gasteiger partial charge in [0, 0.05) is 30.1 Å². The number of carbonyl (C=O) groups is 1. The van der Waals surface area contributed by atoms with Gasteiger partial charge in [0.05, 0.1) is 10.5 Å². The summed E-state index contributed by atoms with van der Waals surface area (Å²) in [4.78, 5) is 26.5. The van der Waals surface area contributed by atoms with Crippen LogP contribution in [0.1, 0.15) is 28.4 Å². The van der Waals surface area contributed by atoms with Crippen molar-refractivity contribution in [3.05, 3.63) is 87.7 Å². The molecule has 3 rings (SSSR count). The van der Waals surface area contributed by atoms with E-state index in [4.69, 9.17) is 0 Å². The van der Waals surface area contributed by atoms with Crippen LogP contribution in [0.2, 0.25) is 0 Å². The van der Waals surface area contributed by atoms with E-state index in [1.165, 1.54) is 19.1 Å². The summed E-state index contributed by atoms with van der Waals surface area (Å²) in [6, 6.07) is 13.1. The Hall–Kier alpha value is -3.54. The number of nitro benzene ring substituents is 1. The second kappa shape index (κ2) is 7.14. The van der Waals surface area contributed by atoms with E-state index in [1.54, 1.807) is 36.7 Å². The molecule has 0 fully saturated rings. The van der Waals surface area contributed by atoms with Gasteiger partial charge in [-0.25, -0.2) is 0 Å². The number of Topliss-reactive ketones (excluding diaryl/α,β-unsaturated/α-hetero) is 1. The third kappa shape index (κ3) is 3.59. The number of non-ortho nitro benzene ring substituents is 1. The molecule has 0 bridgehead atoms. The molecule has 0 spiro atoms. The largest absolute Gasteiger partial charge is 0.507 e. The highest BCUT2D eigenvalue weighted by atomic mass is 16.6. The molecule has 2 aromatic carbocycles. The SMILES string of the molecule is CC(=O)c1cc(Cc2ccncc2)cc(-c2cccc([N+](=O)[O-])c2)c1O. The summed E-state index contributed by atoms with van der Waals surface area (Å²) in [6.45, 7) is 1.38. The number of pyridine rings is 1. The lowest BCUT2D eigenvalue weighted by Gasteiger charge is -2.12. The number of aromatic nitrogens is 1. The van der Waals surface area contributed by atoms with Gasteiger partial charge < -0.3 is 5.11 Å². The normalized spacial score (nSPS) is 10.5. The highest BCUT2D eigenvalue weighted by molar-refractivity contribution is 5.99. The maximum absolute atomic E-state index is 12.0. The van der Waals surface area contributed by atoms with Crippen LogP contribution >= 0.6 is 0 Å². The van der Waals surface area contributed by atoms with E-state index in [2.05, 4.69) is 4.98 Å². The summed E-state index contributed by atoms with van der Waals surface area (Å²) < 4.78 is 0. The second-order valence-corrected chi connectivity index (χ2v) is 5.94. The van der Waals surface area contributed by atoms with Crippen molar-refractivity contribution in [2.45, 2.75) is 13.3 Å². The number of phenols is 1. The van der Waals surface area contributed by atoms with Crippen LogP contribution in [0.5, 0.6) is 5.75 Å². The summed E-state index contributed by atoms with van der Waals surface area (Å²) in [5.74, 6) is -0.442. The number of nitrogens with zero attached hydrogens (tertiary/aromatic N) is 2. The van der Waals surface area contributed by atoms with Crippen LogP contribution < -0.4 is 0 Å². The number of benzene rings is 2. The molecule has 130 valence electrons. The maximum atomic E-state index is 12.0. The fraction of sp³-hybridized carbons (Fsp3) is 0.100. The Kier molecular flexibility index (Phi) is 4.75. The molecule has 3 aromatic rings. The summed E-state index contributed by atoms with van der Waals surface area (Å²) in [5, 5.41) is 21.6. The van der Waals surface area contributed by atoms with Gasteiger partial charge in [-0.1, -0.05) is 12.1 Å². The van der Waals surface area contributed by atoms with Gasteiger partial charge in [-0.3, -0.25) is 19.9 Å². The van der Waals surface area contributed by atoms with E-state index < -0.39 is 4.92 Å². The molecule has 6 nitrogen and oxygen atoms in total. The molecule has 1 N–H and O–H groups in total. The molecule has 1 heterocycles. The summed E-state index contributed by atoms with van der Waals surface area (Å²) in [5.41, 5.74) is 2.82. The molecule has 0 aliphatic carbocycles. The Morgan fingerprint density at radius 3 is 2.50 bits per heavy atom. The zero-order valence-corrected chi connectivity index (χ0v) is 14.0. The third-order valence-corrected chi connectivity index (χ3v) is 4.07. The van der Waals surface area contributed by atoms with Crippen molar-refractivity contribution >= 4 is 11.5 Å². The highest BCUT2D eigenvalue weighted by Crippen LogP contribution is 2.36. The van der Waals surface area contributed by atoms with Gasteiger partial charge in [-0.15, -0.1) is 0 Å². The summed E-state index contributed by atoms with van der Waals surface area (Å²) in [6.07, 6.45) is 3.91. The molecule has 0 saturated carbocycles. The van der Waals surface area contributed by atoms with Crippen LogP contribution in [0.15, 0.2) is 60.9 Å². The van der Waals surface area contributed by atoms with E-state index in [1.807, 2.05) is 12.1 Å². The molecule has 0 aliphatic rings. The fourth-order valence-electron chi connectivity index (χ4n) is 2.81. The van der Waals surface area contributed by atoms with Crippen LogP contribution in [-0.4, -0.2) is 20.8 Å². The first kappa shape index (κ1) is 17.3. The van der Waals surface area contributed by atoms with E-state index in [-0.39, 0.29) is 22.8 Å². The van der Waals surface area contributed by atoms with Crippen LogP contribution in [0.4, 0.5) is 5.69 Å². The first-order chi connectivity index (χ1) is 12.5. The summed E-state index contributed by atoms with van der Waals surface area (Å²) >= 11 is 0. The van der Waals surface area contributed by atoms with Crippen molar-refractivity contribution < 1.29 is 14.8 Å². The number of aromatic hydroxyl groups is 1. The number of ketones is 1. The van der Waals surface area contributed by atoms with E-state index in [9.17, 15) is 20.0 Å². The van der Waals surface area contributed by atoms with Gasteiger partial charge in [0.25, 0.3) is 5.69 Å². The molecular weight excluding hydrogens is 332 g/mol. The lowest BCUT2D eigenvalue weighted by Crippen LogP contribution is -1.99. The molecule has 0 aliphatic heterocycles. The number of hydrogen-bond acceptors (Lipinski definition) is 5. The number of rotatable bonds is 5. The lowest BCUT2D eigenvalue weighted by atomic mass is 9.94. The molecular formula is C20H16N2O4. The molecule has 6 heteroatoms. The first-order valence-corrected chi connectivity index (χ1v) is 7.96. The van der Waals surface area contributed by atoms with Gasteiger partial charge >= 0.3 is 0 Å².